The summed E-state index contributed by atoms with van der Waals surface area (Å²) in [5, 5.41) is 26.0. The Morgan fingerprint density at radius 1 is 0.824 bits per heavy atom. The Balaban J connectivity index is 3.61. The average molecular weight is 238 g/mol. The lowest BCUT2D eigenvalue weighted by Crippen LogP contribution is -2.21. The molecule has 0 amide bonds. The van der Waals surface area contributed by atoms with Crippen molar-refractivity contribution in [1.29, 1.82) is 0 Å². The van der Waals surface area contributed by atoms with Gasteiger partial charge in [0.1, 0.15) is 0 Å². The molecule has 88 valence electrons. The number of aromatic carboxylic acids is 2. The van der Waals surface area contributed by atoms with Crippen LogP contribution in [0.15, 0.2) is 18.2 Å². The van der Waals surface area contributed by atoms with Gasteiger partial charge in [-0.3, -0.25) is 4.79 Å². The maximum absolute atomic E-state index is 11.3. The summed E-state index contributed by atoms with van der Waals surface area (Å²) in [6.45, 7) is 0. The van der Waals surface area contributed by atoms with Crippen LogP contribution in [-0.4, -0.2) is 39.0 Å². The number of carboxylic acid groups (broad SMARTS) is 3. The maximum atomic E-state index is 11.3. The molecular weight excluding hydrogens is 232 g/mol. The first-order chi connectivity index (χ1) is 7.86. The van der Waals surface area contributed by atoms with E-state index in [1.54, 1.807) is 0 Å². The highest BCUT2D eigenvalue weighted by molar-refractivity contribution is 6.42. The third-order valence-electron chi connectivity index (χ3n) is 1.95. The summed E-state index contributed by atoms with van der Waals surface area (Å²) < 4.78 is 0. The molecule has 1 aromatic rings. The van der Waals surface area contributed by atoms with E-state index in [-0.39, 0.29) is 0 Å². The molecule has 0 bridgehead atoms. The van der Waals surface area contributed by atoms with Gasteiger partial charge < -0.3 is 15.3 Å². The van der Waals surface area contributed by atoms with E-state index in [1.807, 2.05) is 0 Å². The highest BCUT2D eigenvalue weighted by atomic mass is 16.4. The molecule has 7 nitrogen and oxygen atoms in total. The number of benzene rings is 1. The zero-order chi connectivity index (χ0) is 13.2. The minimum atomic E-state index is -1.92. The molecule has 0 spiro atoms. The quantitative estimate of drug-likeness (QED) is 0.509. The maximum Gasteiger partial charge on any atom is 0.377 e. The molecule has 0 saturated carbocycles. The number of Topliss-reactive ketones (excluding diaryl/α,β-unsaturated/α-hetero) is 1. The molecule has 0 fully saturated rings. The minimum Gasteiger partial charge on any atom is -0.478 e. The Hall–Kier alpha value is -2.70. The van der Waals surface area contributed by atoms with Crippen LogP contribution in [0.1, 0.15) is 31.1 Å². The molecule has 0 radical (unpaired) electrons. The Morgan fingerprint density at radius 2 is 1.24 bits per heavy atom. The van der Waals surface area contributed by atoms with E-state index in [0.717, 1.165) is 18.2 Å². The van der Waals surface area contributed by atoms with Gasteiger partial charge in [0.25, 0.3) is 5.78 Å². The zero-order valence-electron chi connectivity index (χ0n) is 8.21. The Bertz CT molecular complexity index is 497. The highest BCUT2D eigenvalue weighted by Gasteiger charge is 2.27. The van der Waals surface area contributed by atoms with Gasteiger partial charge >= 0.3 is 17.9 Å². The van der Waals surface area contributed by atoms with Crippen LogP contribution < -0.4 is 0 Å². The van der Waals surface area contributed by atoms with Crippen LogP contribution in [0.25, 0.3) is 0 Å². The number of carbonyl (C=O) groups is 4. The molecule has 0 aliphatic carbocycles. The lowest BCUT2D eigenvalue weighted by molar-refractivity contribution is -0.131. The van der Waals surface area contributed by atoms with E-state index in [2.05, 4.69) is 0 Å². The van der Waals surface area contributed by atoms with Crippen molar-refractivity contribution in [3.8, 4) is 0 Å². The summed E-state index contributed by atoms with van der Waals surface area (Å²) in [4.78, 5) is 43.4. The SMILES string of the molecule is O=C(O)C(=O)c1c(C(=O)O)cccc1C(=O)O. The van der Waals surface area contributed by atoms with Crippen molar-refractivity contribution >= 4 is 23.7 Å². The summed E-state index contributed by atoms with van der Waals surface area (Å²) >= 11 is 0. The van der Waals surface area contributed by atoms with Crippen molar-refractivity contribution < 1.29 is 34.5 Å². The molecule has 0 unspecified atom stereocenters. The zero-order valence-corrected chi connectivity index (χ0v) is 8.21. The van der Waals surface area contributed by atoms with Crippen molar-refractivity contribution in [2.24, 2.45) is 0 Å². The van der Waals surface area contributed by atoms with Crippen LogP contribution >= 0.6 is 0 Å². The van der Waals surface area contributed by atoms with E-state index in [1.165, 1.54) is 0 Å². The van der Waals surface area contributed by atoms with Crippen LogP contribution in [-0.2, 0) is 4.79 Å². The second-order valence-corrected chi connectivity index (χ2v) is 2.97. The van der Waals surface area contributed by atoms with Gasteiger partial charge in [0.15, 0.2) is 0 Å². The third kappa shape index (κ3) is 2.28. The molecule has 0 aliphatic heterocycles. The van der Waals surface area contributed by atoms with Crippen molar-refractivity contribution in [3.05, 3.63) is 34.9 Å². The molecule has 0 aliphatic rings. The van der Waals surface area contributed by atoms with Gasteiger partial charge in [-0.25, -0.2) is 14.4 Å². The Morgan fingerprint density at radius 3 is 1.53 bits per heavy atom. The van der Waals surface area contributed by atoms with Crippen LogP contribution in [0.3, 0.4) is 0 Å². The monoisotopic (exact) mass is 238 g/mol. The number of hydrogen-bond acceptors (Lipinski definition) is 4. The standard InChI is InChI=1S/C10H6O7/c11-7(10(16)17)6-4(8(12)13)2-1-3-5(6)9(14)15/h1-3H,(H,12,13)(H,14,15)(H,16,17). The predicted molar refractivity (Wildman–Crippen MR) is 52.3 cm³/mol. The number of rotatable bonds is 4. The fourth-order valence-corrected chi connectivity index (χ4v) is 1.26. The Kier molecular flexibility index (Phi) is 3.23. The molecular formula is C10H6O7. The number of ketones is 1. The molecule has 0 aromatic heterocycles. The van der Waals surface area contributed by atoms with Crippen LogP contribution in [0.5, 0.6) is 0 Å². The van der Waals surface area contributed by atoms with Crippen molar-refractivity contribution in [1.82, 2.24) is 0 Å². The topological polar surface area (TPSA) is 129 Å². The lowest BCUT2D eigenvalue weighted by Gasteiger charge is -2.05. The number of carbonyl (C=O) groups excluding carboxylic acids is 1. The van der Waals surface area contributed by atoms with E-state index in [9.17, 15) is 19.2 Å². The van der Waals surface area contributed by atoms with E-state index >= 15 is 0 Å². The smallest absolute Gasteiger partial charge is 0.377 e. The largest absolute Gasteiger partial charge is 0.478 e. The van der Waals surface area contributed by atoms with Crippen molar-refractivity contribution in [2.45, 2.75) is 0 Å². The molecule has 0 atom stereocenters. The fraction of sp³-hybridized carbons (Fsp3) is 0. The van der Waals surface area contributed by atoms with Crippen molar-refractivity contribution in [3.63, 3.8) is 0 Å². The lowest BCUT2D eigenvalue weighted by atomic mass is 9.97. The summed E-state index contributed by atoms with van der Waals surface area (Å²) in [6, 6.07) is 3.04. The summed E-state index contributed by atoms with van der Waals surface area (Å²) in [5.74, 6) is -6.63. The molecule has 0 saturated heterocycles. The van der Waals surface area contributed by atoms with Gasteiger partial charge in [0.2, 0.25) is 0 Å². The normalized spacial score (nSPS) is 9.65. The van der Waals surface area contributed by atoms with Crippen LogP contribution in [0, 0.1) is 0 Å². The van der Waals surface area contributed by atoms with Crippen LogP contribution in [0.2, 0.25) is 0 Å². The van der Waals surface area contributed by atoms with Gasteiger partial charge in [0, 0.05) is 0 Å². The van der Waals surface area contributed by atoms with Gasteiger partial charge in [0.05, 0.1) is 16.7 Å². The summed E-state index contributed by atoms with van der Waals surface area (Å²) in [7, 11) is 0. The average Bonchev–Trinajstić information content (AvgIpc) is 2.26. The predicted octanol–water partition coefficient (Wildman–Crippen LogP) is 0.350. The molecule has 1 rings (SSSR count). The number of hydrogen-bond donors (Lipinski definition) is 3. The summed E-state index contributed by atoms with van der Waals surface area (Å²) in [5.41, 5.74) is -2.14. The minimum absolute atomic E-state index is 0.655. The molecule has 3 N–H and O–H groups in total. The highest BCUT2D eigenvalue weighted by Crippen LogP contribution is 2.16. The molecule has 17 heavy (non-hydrogen) atoms. The Labute approximate surface area is 93.9 Å². The fourth-order valence-electron chi connectivity index (χ4n) is 1.26. The number of aliphatic carboxylic acids is 1. The van der Waals surface area contributed by atoms with Gasteiger partial charge in [-0.1, -0.05) is 6.07 Å². The first-order valence-electron chi connectivity index (χ1n) is 4.23. The first-order valence-corrected chi connectivity index (χ1v) is 4.23. The van der Waals surface area contributed by atoms with E-state index < -0.39 is 40.4 Å². The van der Waals surface area contributed by atoms with E-state index in [4.69, 9.17) is 15.3 Å². The second-order valence-electron chi connectivity index (χ2n) is 2.97. The molecule has 1 aromatic carbocycles. The molecule has 0 heterocycles. The van der Waals surface area contributed by atoms with Crippen LogP contribution in [0.4, 0.5) is 0 Å². The molecule has 7 heteroatoms. The summed E-state index contributed by atoms with van der Waals surface area (Å²) in [6.07, 6.45) is 0. The number of carboxylic acids is 3. The second kappa shape index (κ2) is 4.44. The van der Waals surface area contributed by atoms with Gasteiger partial charge in [-0.2, -0.15) is 0 Å². The van der Waals surface area contributed by atoms with Gasteiger partial charge in [-0.15, -0.1) is 0 Å². The van der Waals surface area contributed by atoms with Crippen molar-refractivity contribution in [2.75, 3.05) is 0 Å². The third-order valence-corrected chi connectivity index (χ3v) is 1.95. The first kappa shape index (κ1) is 12.4. The van der Waals surface area contributed by atoms with Gasteiger partial charge in [-0.05, 0) is 12.1 Å². The van der Waals surface area contributed by atoms with E-state index in [0.29, 0.717) is 0 Å².